The average molecular weight is 190 g/mol. The Hall–Kier alpha value is -0.640. The molecule has 76 valence electrons. The van der Waals surface area contributed by atoms with Gasteiger partial charge < -0.3 is 4.74 Å². The molecule has 0 bridgehead atoms. The Morgan fingerprint density at radius 3 is 2.46 bits per heavy atom. The second-order valence-corrected chi connectivity index (χ2v) is 2.68. The van der Waals surface area contributed by atoms with E-state index < -0.39 is 5.79 Å². The van der Waals surface area contributed by atoms with Gasteiger partial charge in [0.2, 0.25) is 5.79 Å². The van der Waals surface area contributed by atoms with Gasteiger partial charge in [-0.25, -0.2) is 20.3 Å². The number of hydrogen-bond acceptors (Lipinski definition) is 5. The van der Waals surface area contributed by atoms with Gasteiger partial charge >= 0.3 is 0 Å². The van der Waals surface area contributed by atoms with Gasteiger partial charge in [-0.15, -0.1) is 6.42 Å². The van der Waals surface area contributed by atoms with Gasteiger partial charge in [-0.1, -0.05) is 5.92 Å². The second kappa shape index (κ2) is 6.83. The first-order valence-electron chi connectivity index (χ1n) is 3.85. The number of ether oxygens (including phenoxy) is 1. The molecular formula is C8H14O5. The van der Waals surface area contributed by atoms with Crippen LogP contribution in [0.15, 0.2) is 0 Å². The molecule has 0 aromatic rings. The van der Waals surface area contributed by atoms with Crippen LogP contribution in [0.3, 0.4) is 0 Å². The normalized spacial score (nSPS) is 11.2. The zero-order chi connectivity index (χ0) is 10.2. The third kappa shape index (κ3) is 5.58. The van der Waals surface area contributed by atoms with E-state index in [9.17, 15) is 0 Å². The summed E-state index contributed by atoms with van der Waals surface area (Å²) >= 11 is 0. The van der Waals surface area contributed by atoms with E-state index in [2.05, 4.69) is 15.7 Å². The number of hydrogen-bond donors (Lipinski definition) is 2. The van der Waals surface area contributed by atoms with Crippen molar-refractivity contribution in [2.24, 2.45) is 0 Å². The third-order valence-electron chi connectivity index (χ3n) is 1.49. The zero-order valence-electron chi connectivity index (χ0n) is 7.52. The van der Waals surface area contributed by atoms with Crippen LogP contribution in [0.2, 0.25) is 0 Å². The lowest BCUT2D eigenvalue weighted by Gasteiger charge is -2.21. The highest BCUT2D eigenvalue weighted by molar-refractivity contribution is 4.82. The second-order valence-electron chi connectivity index (χ2n) is 2.68. The molecule has 0 aliphatic heterocycles. The van der Waals surface area contributed by atoms with E-state index in [0.717, 1.165) is 0 Å². The molecule has 0 rings (SSSR count). The number of rotatable bonds is 7. The Labute approximate surface area is 77.1 Å². The van der Waals surface area contributed by atoms with E-state index in [1.165, 1.54) is 6.92 Å². The Balaban J connectivity index is 3.45. The lowest BCUT2D eigenvalue weighted by Crippen LogP contribution is -2.30. The van der Waals surface area contributed by atoms with Gasteiger partial charge in [0.15, 0.2) is 0 Å². The van der Waals surface area contributed by atoms with Crippen LogP contribution in [0.5, 0.6) is 0 Å². The first kappa shape index (κ1) is 12.4. The molecule has 5 nitrogen and oxygen atoms in total. The third-order valence-corrected chi connectivity index (χ3v) is 1.49. The summed E-state index contributed by atoms with van der Waals surface area (Å²) < 4.78 is 4.96. The minimum absolute atomic E-state index is 0.247. The standard InChI is InChI=1S/C8H14O5/c1-3-6-11-7-4-5-8(2,12-9)13-10/h1,9-10H,4-7H2,2H3. The Kier molecular flexibility index (Phi) is 6.49. The van der Waals surface area contributed by atoms with Crippen LogP contribution in [0.1, 0.15) is 19.8 Å². The van der Waals surface area contributed by atoms with Crippen molar-refractivity contribution in [1.82, 2.24) is 0 Å². The van der Waals surface area contributed by atoms with Gasteiger partial charge in [0, 0.05) is 13.0 Å². The molecule has 0 aromatic carbocycles. The molecule has 0 aliphatic rings. The molecule has 0 aliphatic carbocycles. The predicted octanol–water partition coefficient (Wildman–Crippen LogP) is 1.11. The molecule has 0 radical (unpaired) electrons. The SMILES string of the molecule is C#CCOCCCC(C)(OO)OO. The Morgan fingerprint density at radius 2 is 2.00 bits per heavy atom. The van der Waals surface area contributed by atoms with Gasteiger partial charge in [0.05, 0.1) is 0 Å². The Morgan fingerprint density at radius 1 is 1.38 bits per heavy atom. The quantitative estimate of drug-likeness (QED) is 0.207. The van der Waals surface area contributed by atoms with Crippen LogP contribution >= 0.6 is 0 Å². The van der Waals surface area contributed by atoms with Crippen LogP contribution in [0.4, 0.5) is 0 Å². The first-order valence-corrected chi connectivity index (χ1v) is 3.85. The first-order chi connectivity index (χ1) is 6.18. The van der Waals surface area contributed by atoms with E-state index in [0.29, 0.717) is 19.4 Å². The van der Waals surface area contributed by atoms with E-state index in [-0.39, 0.29) is 6.61 Å². The molecule has 0 amide bonds. The van der Waals surface area contributed by atoms with Crippen molar-refractivity contribution in [2.45, 2.75) is 25.6 Å². The maximum atomic E-state index is 8.33. The Bertz CT molecular complexity index is 158. The zero-order valence-corrected chi connectivity index (χ0v) is 7.52. The molecule has 0 spiro atoms. The van der Waals surface area contributed by atoms with Gasteiger partial charge in [0.25, 0.3) is 0 Å². The summed E-state index contributed by atoms with van der Waals surface area (Å²) in [5.74, 6) is 0.920. The molecule has 0 fully saturated rings. The van der Waals surface area contributed by atoms with Crippen molar-refractivity contribution < 1.29 is 25.0 Å². The van der Waals surface area contributed by atoms with Crippen LogP contribution in [-0.4, -0.2) is 29.5 Å². The molecule has 0 atom stereocenters. The van der Waals surface area contributed by atoms with E-state index in [1.54, 1.807) is 0 Å². The van der Waals surface area contributed by atoms with Crippen molar-refractivity contribution in [3.63, 3.8) is 0 Å². The van der Waals surface area contributed by atoms with Crippen molar-refractivity contribution in [2.75, 3.05) is 13.2 Å². The fourth-order valence-corrected chi connectivity index (χ4v) is 0.734. The summed E-state index contributed by atoms with van der Waals surface area (Å²) in [6.45, 7) is 2.07. The molecule has 0 saturated heterocycles. The number of terminal acetylenes is 1. The van der Waals surface area contributed by atoms with Crippen LogP contribution in [-0.2, 0) is 14.5 Å². The van der Waals surface area contributed by atoms with Gasteiger partial charge in [-0.05, 0) is 13.3 Å². The summed E-state index contributed by atoms with van der Waals surface area (Å²) in [6.07, 6.45) is 5.80. The maximum absolute atomic E-state index is 8.33. The van der Waals surface area contributed by atoms with Crippen LogP contribution in [0, 0.1) is 12.3 Å². The highest BCUT2D eigenvalue weighted by atomic mass is 17.2. The average Bonchev–Trinajstić information content (AvgIpc) is 2.17. The summed E-state index contributed by atoms with van der Waals surface area (Å²) in [5.41, 5.74) is 0. The molecule has 0 saturated carbocycles. The van der Waals surface area contributed by atoms with Crippen molar-refractivity contribution >= 4 is 0 Å². The van der Waals surface area contributed by atoms with Gasteiger partial charge in [0.1, 0.15) is 6.61 Å². The highest BCUT2D eigenvalue weighted by Crippen LogP contribution is 2.16. The summed E-state index contributed by atoms with van der Waals surface area (Å²) in [7, 11) is 0. The molecule has 13 heavy (non-hydrogen) atoms. The summed E-state index contributed by atoms with van der Waals surface area (Å²) in [5, 5.41) is 16.7. The lowest BCUT2D eigenvalue weighted by molar-refractivity contribution is -0.482. The summed E-state index contributed by atoms with van der Waals surface area (Å²) in [4.78, 5) is 7.85. The molecule has 0 heterocycles. The van der Waals surface area contributed by atoms with E-state index >= 15 is 0 Å². The van der Waals surface area contributed by atoms with E-state index in [4.69, 9.17) is 21.7 Å². The molecule has 0 aromatic heterocycles. The van der Waals surface area contributed by atoms with Crippen molar-refractivity contribution in [3.8, 4) is 12.3 Å². The fraction of sp³-hybridized carbons (Fsp3) is 0.750. The molecule has 5 heteroatoms. The largest absolute Gasteiger partial charge is 0.369 e. The fourth-order valence-electron chi connectivity index (χ4n) is 0.734. The molecule has 2 N–H and O–H groups in total. The highest BCUT2D eigenvalue weighted by Gasteiger charge is 2.26. The van der Waals surface area contributed by atoms with Crippen LogP contribution in [0.25, 0.3) is 0 Å². The monoisotopic (exact) mass is 190 g/mol. The smallest absolute Gasteiger partial charge is 0.230 e. The van der Waals surface area contributed by atoms with Gasteiger partial charge in [-0.2, -0.15) is 0 Å². The maximum Gasteiger partial charge on any atom is 0.230 e. The minimum Gasteiger partial charge on any atom is -0.369 e. The molecular weight excluding hydrogens is 176 g/mol. The minimum atomic E-state index is -1.39. The van der Waals surface area contributed by atoms with Crippen LogP contribution < -0.4 is 0 Å². The molecule has 0 unspecified atom stereocenters. The van der Waals surface area contributed by atoms with Crippen molar-refractivity contribution in [3.05, 3.63) is 0 Å². The summed E-state index contributed by atoms with van der Waals surface area (Å²) in [6, 6.07) is 0. The van der Waals surface area contributed by atoms with Gasteiger partial charge in [-0.3, -0.25) is 0 Å². The van der Waals surface area contributed by atoms with E-state index in [1.807, 2.05) is 0 Å². The topological polar surface area (TPSA) is 68.2 Å². The lowest BCUT2D eigenvalue weighted by atomic mass is 10.2. The predicted molar refractivity (Wildman–Crippen MR) is 44.7 cm³/mol. The van der Waals surface area contributed by atoms with Crippen molar-refractivity contribution in [1.29, 1.82) is 0 Å².